The summed E-state index contributed by atoms with van der Waals surface area (Å²) >= 11 is 0. The van der Waals surface area contributed by atoms with Crippen LogP contribution in [0.15, 0.2) is 42.6 Å². The minimum absolute atomic E-state index is 0.0448. The first-order valence-corrected chi connectivity index (χ1v) is 10.6. The van der Waals surface area contributed by atoms with Crippen LogP contribution in [-0.4, -0.2) is 63.4 Å². The first-order chi connectivity index (χ1) is 15.4. The third-order valence-electron chi connectivity index (χ3n) is 6.07. The fourth-order valence-electron chi connectivity index (χ4n) is 4.08. The molecule has 2 N–H and O–H groups in total. The molecule has 5 rings (SSSR count). The lowest BCUT2D eigenvalue weighted by atomic mass is 10.1. The summed E-state index contributed by atoms with van der Waals surface area (Å²) in [5.74, 6) is -0.722. The number of hydrogen-bond donors (Lipinski definition) is 1. The van der Waals surface area contributed by atoms with Crippen LogP contribution in [0.4, 0.5) is 9.18 Å². The molecule has 1 saturated carbocycles. The van der Waals surface area contributed by atoms with E-state index in [0.29, 0.717) is 43.1 Å². The van der Waals surface area contributed by atoms with Gasteiger partial charge in [-0.05, 0) is 49.2 Å². The first-order valence-electron chi connectivity index (χ1n) is 10.6. The lowest BCUT2D eigenvalue weighted by molar-refractivity contribution is -0.134. The topological polar surface area (TPSA) is 102 Å². The highest BCUT2D eigenvalue weighted by Gasteiger charge is 2.35. The van der Waals surface area contributed by atoms with Gasteiger partial charge in [-0.3, -0.25) is 14.2 Å². The van der Waals surface area contributed by atoms with Gasteiger partial charge in [0.25, 0.3) is 5.91 Å². The van der Waals surface area contributed by atoms with Gasteiger partial charge in [0.2, 0.25) is 5.91 Å². The van der Waals surface area contributed by atoms with Crippen molar-refractivity contribution in [2.24, 2.45) is 11.7 Å². The molecule has 2 fully saturated rings. The van der Waals surface area contributed by atoms with Crippen molar-refractivity contribution < 1.29 is 18.8 Å². The number of hydrogen-bond acceptors (Lipinski definition) is 4. The third-order valence-corrected chi connectivity index (χ3v) is 6.07. The average molecular weight is 435 g/mol. The van der Waals surface area contributed by atoms with Gasteiger partial charge in [-0.1, -0.05) is 0 Å². The Morgan fingerprint density at radius 3 is 2.38 bits per heavy atom. The van der Waals surface area contributed by atoms with Crippen LogP contribution >= 0.6 is 0 Å². The number of primary amides is 1. The molecule has 164 valence electrons. The van der Waals surface area contributed by atoms with Crippen molar-refractivity contribution in [1.82, 2.24) is 19.4 Å². The van der Waals surface area contributed by atoms with E-state index in [9.17, 15) is 18.8 Å². The molecule has 2 aromatic heterocycles. The van der Waals surface area contributed by atoms with Crippen LogP contribution in [-0.2, 0) is 4.79 Å². The van der Waals surface area contributed by atoms with Crippen molar-refractivity contribution in [2.45, 2.75) is 12.8 Å². The number of carbonyl (C=O) groups is 3. The van der Waals surface area contributed by atoms with Crippen LogP contribution < -0.4 is 5.73 Å². The summed E-state index contributed by atoms with van der Waals surface area (Å²) in [5, 5.41) is 0.740. The Labute approximate surface area is 183 Å². The number of fused-ring (bicyclic) bond motifs is 1. The van der Waals surface area contributed by atoms with Gasteiger partial charge in [-0.15, -0.1) is 0 Å². The van der Waals surface area contributed by atoms with Gasteiger partial charge in [0.05, 0.1) is 11.3 Å². The number of nitrogens with two attached hydrogens (primary N) is 1. The summed E-state index contributed by atoms with van der Waals surface area (Å²) in [5.41, 5.74) is 6.78. The number of halogens is 1. The Balaban J connectivity index is 1.39. The number of benzene rings is 1. The lowest BCUT2D eigenvalue weighted by Gasteiger charge is -2.35. The predicted molar refractivity (Wildman–Crippen MR) is 115 cm³/mol. The van der Waals surface area contributed by atoms with Crippen LogP contribution in [0.25, 0.3) is 22.3 Å². The molecule has 0 radical (unpaired) electrons. The quantitative estimate of drug-likeness (QED) is 0.683. The Morgan fingerprint density at radius 1 is 0.969 bits per heavy atom. The molecule has 0 spiro atoms. The number of carbonyl (C=O) groups excluding carboxylic acids is 3. The van der Waals surface area contributed by atoms with Gasteiger partial charge < -0.3 is 15.5 Å². The monoisotopic (exact) mass is 435 g/mol. The molecule has 0 atom stereocenters. The fraction of sp³-hybridized carbons (Fsp3) is 0.304. The maximum atomic E-state index is 14.6. The van der Waals surface area contributed by atoms with Gasteiger partial charge in [0.1, 0.15) is 11.5 Å². The number of rotatable bonds is 3. The standard InChI is InChI=1S/C23H22FN5O3/c24-18-5-3-16(19-6-4-14-7-8-29(23(25)32)20(14)26-19)13-17(18)22(31)28-11-9-27(10-12-28)21(30)15-1-2-15/h3-8,13,15H,1-2,9-12H2,(H2,25,32). The largest absolute Gasteiger partial charge is 0.351 e. The molecular weight excluding hydrogens is 413 g/mol. The van der Waals surface area contributed by atoms with E-state index in [1.807, 2.05) is 0 Å². The molecule has 8 nitrogen and oxygen atoms in total. The SMILES string of the molecule is NC(=O)n1ccc2ccc(-c3ccc(F)c(C(=O)N4CCN(C(=O)C5CC5)CC4)c3)nc21. The van der Waals surface area contributed by atoms with Crippen molar-refractivity contribution in [2.75, 3.05) is 26.2 Å². The van der Waals surface area contributed by atoms with E-state index in [4.69, 9.17) is 5.73 Å². The summed E-state index contributed by atoms with van der Waals surface area (Å²) in [6.07, 6.45) is 3.43. The van der Waals surface area contributed by atoms with E-state index in [-0.39, 0.29) is 17.4 Å². The fourth-order valence-corrected chi connectivity index (χ4v) is 4.08. The Morgan fingerprint density at radius 2 is 1.69 bits per heavy atom. The average Bonchev–Trinajstić information content (AvgIpc) is 3.57. The molecule has 0 unspecified atom stereocenters. The van der Waals surface area contributed by atoms with Crippen LogP contribution in [0.3, 0.4) is 0 Å². The second-order valence-corrected chi connectivity index (χ2v) is 8.22. The van der Waals surface area contributed by atoms with Crippen molar-refractivity contribution in [3.05, 3.63) is 54.0 Å². The molecule has 1 aliphatic carbocycles. The predicted octanol–water partition coefficient (Wildman–Crippen LogP) is 2.46. The smallest absolute Gasteiger partial charge is 0.324 e. The Hall–Kier alpha value is -3.75. The molecule has 3 heterocycles. The molecule has 1 saturated heterocycles. The summed E-state index contributed by atoms with van der Waals surface area (Å²) < 4.78 is 15.8. The van der Waals surface area contributed by atoms with Crippen molar-refractivity contribution in [3.63, 3.8) is 0 Å². The maximum absolute atomic E-state index is 14.6. The minimum Gasteiger partial charge on any atom is -0.351 e. The molecule has 1 aromatic carbocycles. The normalized spacial score (nSPS) is 16.4. The van der Waals surface area contributed by atoms with Crippen molar-refractivity contribution >= 4 is 28.9 Å². The van der Waals surface area contributed by atoms with Crippen LogP contribution in [0.1, 0.15) is 23.2 Å². The Bertz CT molecular complexity index is 1240. The third kappa shape index (κ3) is 3.59. The second-order valence-electron chi connectivity index (χ2n) is 8.22. The number of pyridine rings is 1. The van der Waals surface area contributed by atoms with E-state index in [2.05, 4.69) is 4.98 Å². The summed E-state index contributed by atoms with van der Waals surface area (Å²) in [6, 6.07) is 8.88. The van der Waals surface area contributed by atoms with Gasteiger partial charge >= 0.3 is 6.03 Å². The molecule has 9 heteroatoms. The van der Waals surface area contributed by atoms with E-state index < -0.39 is 17.8 Å². The van der Waals surface area contributed by atoms with Gasteiger partial charge in [0, 0.05) is 49.2 Å². The number of aromatic nitrogens is 2. The number of amides is 3. The first kappa shape index (κ1) is 20.2. The van der Waals surface area contributed by atoms with E-state index >= 15 is 0 Å². The Kier molecular flexibility index (Phi) is 4.88. The molecular formula is C23H22FN5O3. The van der Waals surface area contributed by atoms with Gasteiger partial charge in [0.15, 0.2) is 0 Å². The molecule has 1 aliphatic heterocycles. The van der Waals surface area contributed by atoms with E-state index in [0.717, 1.165) is 18.2 Å². The van der Waals surface area contributed by atoms with Gasteiger partial charge in [-0.25, -0.2) is 14.2 Å². The van der Waals surface area contributed by atoms with Crippen molar-refractivity contribution in [3.8, 4) is 11.3 Å². The van der Waals surface area contributed by atoms with Gasteiger partial charge in [-0.2, -0.15) is 0 Å². The zero-order chi connectivity index (χ0) is 22.4. The van der Waals surface area contributed by atoms with Crippen LogP contribution in [0.5, 0.6) is 0 Å². The lowest BCUT2D eigenvalue weighted by Crippen LogP contribution is -2.51. The summed E-state index contributed by atoms with van der Waals surface area (Å²) in [7, 11) is 0. The number of piperazine rings is 1. The van der Waals surface area contributed by atoms with E-state index in [1.165, 1.54) is 22.9 Å². The maximum Gasteiger partial charge on any atom is 0.324 e. The summed E-state index contributed by atoms with van der Waals surface area (Å²) in [4.78, 5) is 44.7. The highest BCUT2D eigenvalue weighted by molar-refractivity contribution is 5.96. The van der Waals surface area contributed by atoms with Crippen LogP contribution in [0.2, 0.25) is 0 Å². The van der Waals surface area contributed by atoms with Crippen LogP contribution in [0, 0.1) is 11.7 Å². The highest BCUT2D eigenvalue weighted by atomic mass is 19.1. The molecule has 3 amide bonds. The van der Waals surface area contributed by atoms with E-state index in [1.54, 1.807) is 34.1 Å². The zero-order valence-electron chi connectivity index (χ0n) is 17.3. The highest BCUT2D eigenvalue weighted by Crippen LogP contribution is 2.31. The summed E-state index contributed by atoms with van der Waals surface area (Å²) in [6.45, 7) is 1.67. The second kappa shape index (κ2) is 7.74. The number of nitrogens with zero attached hydrogens (tertiary/aromatic N) is 4. The molecule has 0 bridgehead atoms. The minimum atomic E-state index is -0.654. The zero-order valence-corrected chi connectivity index (χ0v) is 17.3. The van der Waals surface area contributed by atoms with Crippen molar-refractivity contribution in [1.29, 1.82) is 0 Å². The molecule has 3 aromatic rings. The molecule has 2 aliphatic rings. The molecule has 32 heavy (non-hydrogen) atoms.